The van der Waals surface area contributed by atoms with E-state index >= 15 is 0 Å². The molecule has 2 aromatic rings. The fourth-order valence-corrected chi connectivity index (χ4v) is 4.38. The highest BCUT2D eigenvalue weighted by atomic mass is 16.5. The Morgan fingerprint density at radius 2 is 2.17 bits per heavy atom. The van der Waals surface area contributed by atoms with Crippen LogP contribution in [0.15, 0.2) is 30.3 Å². The third-order valence-corrected chi connectivity index (χ3v) is 5.42. The van der Waals surface area contributed by atoms with Gasteiger partial charge in [0.1, 0.15) is 5.69 Å². The topological polar surface area (TPSA) is 65.6 Å². The number of rotatable bonds is 1. The van der Waals surface area contributed by atoms with Crippen LogP contribution in [0.25, 0.3) is 10.9 Å². The molecular formula is C17H17N3O3. The molecule has 1 N–H and O–H groups in total. The maximum Gasteiger partial charge on any atom is 0.270 e. The van der Waals surface area contributed by atoms with E-state index in [-0.39, 0.29) is 17.9 Å². The first-order chi connectivity index (χ1) is 11.2. The third kappa shape index (κ3) is 1.61. The van der Waals surface area contributed by atoms with Gasteiger partial charge in [-0.3, -0.25) is 9.59 Å². The van der Waals surface area contributed by atoms with Crippen LogP contribution in [0.4, 0.5) is 0 Å². The molecule has 118 valence electrons. The van der Waals surface area contributed by atoms with Crippen molar-refractivity contribution in [1.82, 2.24) is 14.8 Å². The maximum absolute atomic E-state index is 13.0. The van der Waals surface area contributed by atoms with Gasteiger partial charge >= 0.3 is 0 Å². The van der Waals surface area contributed by atoms with Crippen LogP contribution in [0.2, 0.25) is 0 Å². The highest BCUT2D eigenvalue weighted by molar-refractivity contribution is 5.99. The van der Waals surface area contributed by atoms with Crippen LogP contribution in [0.5, 0.6) is 0 Å². The molecule has 1 aromatic heterocycles. The van der Waals surface area contributed by atoms with Gasteiger partial charge < -0.3 is 19.5 Å². The number of hydrogen-bond donors (Lipinski definition) is 1. The highest BCUT2D eigenvalue weighted by Crippen LogP contribution is 2.45. The van der Waals surface area contributed by atoms with Gasteiger partial charge in [0.25, 0.3) is 5.91 Å². The number of nitrogens with one attached hydrogen (secondary N) is 1. The molecule has 0 bridgehead atoms. The minimum atomic E-state index is -0.571. The van der Waals surface area contributed by atoms with Gasteiger partial charge in [-0.15, -0.1) is 0 Å². The van der Waals surface area contributed by atoms with Gasteiger partial charge in [-0.25, -0.2) is 0 Å². The van der Waals surface area contributed by atoms with Crippen molar-refractivity contribution in [3.05, 3.63) is 36.0 Å². The lowest BCUT2D eigenvalue weighted by Gasteiger charge is -2.31. The van der Waals surface area contributed by atoms with Crippen LogP contribution >= 0.6 is 0 Å². The number of carbonyl (C=O) groups is 2. The minimum Gasteiger partial charge on any atom is -0.351 e. The van der Waals surface area contributed by atoms with Gasteiger partial charge in [-0.2, -0.15) is 0 Å². The molecule has 0 unspecified atom stereocenters. The number of para-hydroxylation sites is 1. The number of H-pyrrole nitrogens is 1. The zero-order valence-electron chi connectivity index (χ0n) is 12.6. The fourth-order valence-electron chi connectivity index (χ4n) is 4.38. The Morgan fingerprint density at radius 3 is 3.04 bits per heavy atom. The summed E-state index contributed by atoms with van der Waals surface area (Å²) in [7, 11) is 0. The zero-order valence-corrected chi connectivity index (χ0v) is 12.6. The van der Waals surface area contributed by atoms with Gasteiger partial charge in [0.15, 0.2) is 5.72 Å². The summed E-state index contributed by atoms with van der Waals surface area (Å²) in [5, 5.41) is 1.02. The Balaban J connectivity index is 1.50. The summed E-state index contributed by atoms with van der Waals surface area (Å²) in [6.07, 6.45) is 1.07. The number of benzene rings is 1. The largest absolute Gasteiger partial charge is 0.351 e. The number of likely N-dealkylation sites (tertiary alicyclic amines) is 1. The number of hydrogen-bond acceptors (Lipinski definition) is 3. The molecule has 0 aliphatic carbocycles. The SMILES string of the molecule is O=C(c1cc2ccccc2[nH]1)N1CC[C@@]23OCCN2C(=O)C[C@@H]13. The Morgan fingerprint density at radius 1 is 1.30 bits per heavy atom. The van der Waals surface area contributed by atoms with Crippen molar-refractivity contribution < 1.29 is 14.3 Å². The Labute approximate surface area is 133 Å². The molecule has 0 saturated carbocycles. The lowest BCUT2D eigenvalue weighted by molar-refractivity contribution is -0.136. The van der Waals surface area contributed by atoms with Gasteiger partial charge in [0.05, 0.1) is 19.1 Å². The number of nitrogens with zero attached hydrogens (tertiary/aromatic N) is 2. The van der Waals surface area contributed by atoms with Crippen LogP contribution in [0, 0.1) is 0 Å². The zero-order chi connectivity index (χ0) is 15.6. The molecule has 6 heteroatoms. The average molecular weight is 311 g/mol. The van der Waals surface area contributed by atoms with E-state index in [4.69, 9.17) is 4.74 Å². The summed E-state index contributed by atoms with van der Waals surface area (Å²) in [5.41, 5.74) is 0.955. The molecule has 3 aliphatic heterocycles. The maximum atomic E-state index is 13.0. The second-order valence-electron chi connectivity index (χ2n) is 6.48. The molecular weight excluding hydrogens is 294 g/mol. The van der Waals surface area contributed by atoms with E-state index in [2.05, 4.69) is 4.98 Å². The first-order valence-electron chi connectivity index (χ1n) is 8.02. The van der Waals surface area contributed by atoms with Crippen LogP contribution in [0.1, 0.15) is 23.3 Å². The Bertz CT molecular complexity index is 796. The van der Waals surface area contributed by atoms with Crippen molar-refractivity contribution >= 4 is 22.7 Å². The predicted molar refractivity (Wildman–Crippen MR) is 82.8 cm³/mol. The van der Waals surface area contributed by atoms with Crippen molar-refractivity contribution in [2.24, 2.45) is 0 Å². The van der Waals surface area contributed by atoms with Crippen LogP contribution in [0.3, 0.4) is 0 Å². The van der Waals surface area contributed by atoms with Gasteiger partial charge in [0, 0.05) is 30.4 Å². The number of amides is 2. The molecule has 2 amide bonds. The van der Waals surface area contributed by atoms with E-state index in [1.54, 1.807) is 0 Å². The molecule has 5 rings (SSSR count). The molecule has 1 aromatic carbocycles. The van der Waals surface area contributed by atoms with Crippen molar-refractivity contribution in [1.29, 1.82) is 0 Å². The smallest absolute Gasteiger partial charge is 0.270 e. The quantitative estimate of drug-likeness (QED) is 0.864. The standard InChI is InChI=1S/C17H17N3O3/c21-15-10-14-17(20(15)7-8-23-17)5-6-19(14)16(22)13-9-11-3-1-2-4-12(11)18-13/h1-4,9,14,18H,5-8,10H2/t14-,17+/m1/s1. The molecule has 3 aliphatic rings. The third-order valence-electron chi connectivity index (χ3n) is 5.42. The van der Waals surface area contributed by atoms with Crippen LogP contribution in [-0.4, -0.2) is 58.1 Å². The van der Waals surface area contributed by atoms with E-state index in [0.29, 0.717) is 38.2 Å². The molecule has 0 radical (unpaired) electrons. The second kappa shape index (κ2) is 4.35. The van der Waals surface area contributed by atoms with Gasteiger partial charge in [0.2, 0.25) is 5.91 Å². The molecule has 3 fully saturated rings. The molecule has 3 saturated heterocycles. The van der Waals surface area contributed by atoms with Crippen LogP contribution in [-0.2, 0) is 9.53 Å². The molecule has 1 spiro atoms. The van der Waals surface area contributed by atoms with Crippen LogP contribution < -0.4 is 0 Å². The monoisotopic (exact) mass is 311 g/mol. The van der Waals surface area contributed by atoms with E-state index in [1.807, 2.05) is 40.1 Å². The molecule has 23 heavy (non-hydrogen) atoms. The number of ether oxygens (including phenoxy) is 1. The number of carbonyl (C=O) groups excluding carboxylic acids is 2. The summed E-state index contributed by atoms with van der Waals surface area (Å²) in [5.74, 6) is 0.0508. The lowest BCUT2D eigenvalue weighted by atomic mass is 10.1. The predicted octanol–water partition coefficient (Wildman–Crippen LogP) is 1.34. The lowest BCUT2D eigenvalue weighted by Crippen LogP contribution is -2.48. The fraction of sp³-hybridized carbons (Fsp3) is 0.412. The molecule has 6 nitrogen and oxygen atoms in total. The summed E-state index contributed by atoms with van der Waals surface area (Å²) in [4.78, 5) is 32.0. The average Bonchev–Trinajstić information content (AvgIpc) is 3.28. The minimum absolute atomic E-state index is 0.0479. The molecule has 4 heterocycles. The summed E-state index contributed by atoms with van der Waals surface area (Å²) in [6, 6.07) is 9.55. The summed E-state index contributed by atoms with van der Waals surface area (Å²) < 4.78 is 5.94. The summed E-state index contributed by atoms with van der Waals surface area (Å²) in [6.45, 7) is 1.84. The molecule has 2 atom stereocenters. The first kappa shape index (κ1) is 13.1. The Kier molecular flexibility index (Phi) is 2.48. The summed E-state index contributed by atoms with van der Waals surface area (Å²) >= 11 is 0. The van der Waals surface area contributed by atoms with Crippen molar-refractivity contribution in [3.63, 3.8) is 0 Å². The normalized spacial score (nSPS) is 29.4. The van der Waals surface area contributed by atoms with E-state index < -0.39 is 5.72 Å². The van der Waals surface area contributed by atoms with E-state index in [0.717, 1.165) is 10.9 Å². The van der Waals surface area contributed by atoms with E-state index in [1.165, 1.54) is 0 Å². The Hall–Kier alpha value is -2.34. The highest BCUT2D eigenvalue weighted by Gasteiger charge is 2.62. The van der Waals surface area contributed by atoms with Gasteiger partial charge in [-0.1, -0.05) is 18.2 Å². The van der Waals surface area contributed by atoms with Gasteiger partial charge in [-0.05, 0) is 12.1 Å². The van der Waals surface area contributed by atoms with Crippen molar-refractivity contribution in [2.75, 3.05) is 19.7 Å². The van der Waals surface area contributed by atoms with E-state index in [9.17, 15) is 9.59 Å². The second-order valence-corrected chi connectivity index (χ2v) is 6.48. The van der Waals surface area contributed by atoms with Crippen molar-refractivity contribution in [2.45, 2.75) is 24.6 Å². The number of aromatic nitrogens is 1. The number of aromatic amines is 1. The number of fused-ring (bicyclic) bond motifs is 1. The van der Waals surface area contributed by atoms with Crippen molar-refractivity contribution in [3.8, 4) is 0 Å². The first-order valence-corrected chi connectivity index (χ1v) is 8.02.